The van der Waals surface area contributed by atoms with Crippen LogP contribution in [0.2, 0.25) is 0 Å². The number of thioether (sulfide) groups is 1. The van der Waals surface area contributed by atoms with Crippen molar-refractivity contribution >= 4 is 22.8 Å². The van der Waals surface area contributed by atoms with E-state index in [-0.39, 0.29) is 11.9 Å². The summed E-state index contributed by atoms with van der Waals surface area (Å²) >= 11 is 1.69. The Morgan fingerprint density at radius 3 is 2.86 bits per heavy atom. The van der Waals surface area contributed by atoms with Gasteiger partial charge in [0.2, 0.25) is 5.91 Å². The summed E-state index contributed by atoms with van der Waals surface area (Å²) in [6, 6.07) is -0.186. The second-order valence-electron chi connectivity index (χ2n) is 3.49. The van der Waals surface area contributed by atoms with Gasteiger partial charge in [0, 0.05) is 26.4 Å². The molecule has 14 heavy (non-hydrogen) atoms. The van der Waals surface area contributed by atoms with Crippen molar-refractivity contribution in [2.24, 2.45) is 4.99 Å². The molecule has 0 spiro atoms. The van der Waals surface area contributed by atoms with Crippen LogP contribution in [0.5, 0.6) is 0 Å². The summed E-state index contributed by atoms with van der Waals surface area (Å²) in [4.78, 5) is 17.4. The predicted molar refractivity (Wildman–Crippen MR) is 60.7 cm³/mol. The van der Waals surface area contributed by atoms with E-state index in [1.54, 1.807) is 30.8 Å². The van der Waals surface area contributed by atoms with Gasteiger partial charge in [0.15, 0.2) is 5.17 Å². The van der Waals surface area contributed by atoms with E-state index in [1.807, 2.05) is 6.92 Å². The van der Waals surface area contributed by atoms with Gasteiger partial charge in [0.25, 0.3) is 0 Å². The van der Waals surface area contributed by atoms with Crippen molar-refractivity contribution in [1.29, 1.82) is 0 Å². The Labute approximate surface area is 89.1 Å². The molecular weight excluding hydrogens is 198 g/mol. The molecule has 80 valence electrons. The number of nitrogens with one attached hydrogen (secondary N) is 1. The molecule has 0 saturated heterocycles. The van der Waals surface area contributed by atoms with Crippen molar-refractivity contribution in [2.45, 2.75) is 19.4 Å². The van der Waals surface area contributed by atoms with E-state index < -0.39 is 0 Å². The van der Waals surface area contributed by atoms with Crippen LogP contribution in [0.1, 0.15) is 13.3 Å². The molecule has 1 rings (SSSR count). The summed E-state index contributed by atoms with van der Waals surface area (Å²) in [6.07, 6.45) is 1.13. The lowest BCUT2D eigenvalue weighted by Crippen LogP contribution is -2.43. The van der Waals surface area contributed by atoms with Crippen LogP contribution in [0.3, 0.4) is 0 Å². The number of hydrogen-bond donors (Lipinski definition) is 1. The summed E-state index contributed by atoms with van der Waals surface area (Å²) in [5.41, 5.74) is 0. The number of carbonyl (C=O) groups is 1. The van der Waals surface area contributed by atoms with Crippen molar-refractivity contribution < 1.29 is 4.79 Å². The molecule has 0 aromatic heterocycles. The van der Waals surface area contributed by atoms with E-state index >= 15 is 0 Å². The third-order valence-electron chi connectivity index (χ3n) is 1.95. The SMILES string of the molecule is CC(NC1=NCCCS1)C(=O)N(C)C. The van der Waals surface area contributed by atoms with Crippen molar-refractivity contribution in [1.82, 2.24) is 10.2 Å². The standard InChI is InChI=1S/C9H17N3OS/c1-7(8(13)12(2)3)11-9-10-5-4-6-14-9/h7H,4-6H2,1-3H3,(H,10,11). The van der Waals surface area contributed by atoms with Crippen LogP contribution >= 0.6 is 11.8 Å². The van der Waals surface area contributed by atoms with Gasteiger partial charge in [-0.05, 0) is 13.3 Å². The van der Waals surface area contributed by atoms with Gasteiger partial charge in [-0.3, -0.25) is 9.79 Å². The molecule has 1 unspecified atom stereocenters. The summed E-state index contributed by atoms with van der Waals surface area (Å²) in [5.74, 6) is 1.17. The average molecular weight is 215 g/mol. The van der Waals surface area contributed by atoms with Crippen LogP contribution in [0.25, 0.3) is 0 Å². The number of amidine groups is 1. The molecule has 0 fully saturated rings. The third kappa shape index (κ3) is 3.21. The van der Waals surface area contributed by atoms with Crippen molar-refractivity contribution in [3.63, 3.8) is 0 Å². The van der Waals surface area contributed by atoms with E-state index in [2.05, 4.69) is 10.3 Å². The lowest BCUT2D eigenvalue weighted by atomic mass is 10.3. The summed E-state index contributed by atoms with van der Waals surface area (Å²) in [5, 5.41) is 4.02. The maximum absolute atomic E-state index is 11.5. The molecule has 0 aromatic rings. The molecule has 1 heterocycles. The van der Waals surface area contributed by atoms with Crippen molar-refractivity contribution in [3.8, 4) is 0 Å². The Morgan fingerprint density at radius 1 is 1.64 bits per heavy atom. The number of aliphatic imine (C=N–C) groups is 1. The lowest BCUT2D eigenvalue weighted by Gasteiger charge is -2.21. The highest BCUT2D eigenvalue weighted by molar-refractivity contribution is 8.13. The quantitative estimate of drug-likeness (QED) is 0.731. The van der Waals surface area contributed by atoms with Crippen LogP contribution in [-0.2, 0) is 4.79 Å². The zero-order chi connectivity index (χ0) is 10.6. The van der Waals surface area contributed by atoms with Crippen molar-refractivity contribution in [2.75, 3.05) is 26.4 Å². The first-order valence-electron chi connectivity index (χ1n) is 4.76. The largest absolute Gasteiger partial charge is 0.353 e. The van der Waals surface area contributed by atoms with Crippen molar-refractivity contribution in [3.05, 3.63) is 0 Å². The highest BCUT2D eigenvalue weighted by Gasteiger charge is 2.17. The van der Waals surface area contributed by atoms with Crippen LogP contribution < -0.4 is 5.32 Å². The molecule has 0 radical (unpaired) electrons. The van der Waals surface area contributed by atoms with Gasteiger partial charge in [-0.1, -0.05) is 11.8 Å². The Hall–Kier alpha value is -0.710. The van der Waals surface area contributed by atoms with Gasteiger partial charge in [0.1, 0.15) is 6.04 Å². The van der Waals surface area contributed by atoms with Gasteiger partial charge in [-0.2, -0.15) is 0 Å². The minimum absolute atomic E-state index is 0.0823. The summed E-state index contributed by atoms with van der Waals surface area (Å²) in [7, 11) is 3.52. The number of rotatable bonds is 2. The van der Waals surface area contributed by atoms with Gasteiger partial charge < -0.3 is 10.2 Å². The molecule has 1 aliphatic rings. The van der Waals surface area contributed by atoms with Gasteiger partial charge in [0.05, 0.1) is 0 Å². The van der Waals surface area contributed by atoms with Gasteiger partial charge >= 0.3 is 0 Å². The summed E-state index contributed by atoms with van der Waals surface area (Å²) < 4.78 is 0. The Kier molecular flexibility index (Phi) is 4.25. The topological polar surface area (TPSA) is 44.7 Å². The highest BCUT2D eigenvalue weighted by Crippen LogP contribution is 2.10. The first-order valence-corrected chi connectivity index (χ1v) is 5.75. The highest BCUT2D eigenvalue weighted by atomic mass is 32.2. The predicted octanol–water partition coefficient (Wildman–Crippen LogP) is 0.546. The third-order valence-corrected chi connectivity index (χ3v) is 2.96. The zero-order valence-corrected chi connectivity index (χ0v) is 9.73. The number of nitrogens with zero attached hydrogens (tertiary/aromatic N) is 2. The van der Waals surface area contributed by atoms with E-state index in [1.165, 1.54) is 0 Å². The second kappa shape index (κ2) is 5.24. The van der Waals surface area contributed by atoms with Crippen LogP contribution in [0.15, 0.2) is 4.99 Å². The van der Waals surface area contributed by atoms with E-state index in [4.69, 9.17) is 0 Å². The molecule has 0 aromatic carbocycles. The maximum atomic E-state index is 11.5. The van der Waals surface area contributed by atoms with E-state index in [9.17, 15) is 4.79 Å². The molecule has 0 saturated carbocycles. The fourth-order valence-electron chi connectivity index (χ4n) is 1.18. The number of carbonyl (C=O) groups excluding carboxylic acids is 1. The van der Waals surface area contributed by atoms with Gasteiger partial charge in [-0.25, -0.2) is 0 Å². The maximum Gasteiger partial charge on any atom is 0.244 e. The van der Waals surface area contributed by atoms with E-state index in [0.29, 0.717) is 0 Å². The van der Waals surface area contributed by atoms with Gasteiger partial charge in [-0.15, -0.1) is 0 Å². The summed E-state index contributed by atoms with van der Waals surface area (Å²) in [6.45, 7) is 2.73. The molecule has 0 bridgehead atoms. The fourth-order valence-corrected chi connectivity index (χ4v) is 2.09. The monoisotopic (exact) mass is 215 g/mol. The Morgan fingerprint density at radius 2 is 2.36 bits per heavy atom. The molecule has 1 amide bonds. The molecule has 1 atom stereocenters. The minimum Gasteiger partial charge on any atom is -0.353 e. The number of hydrogen-bond acceptors (Lipinski definition) is 4. The van der Waals surface area contributed by atoms with Crippen LogP contribution in [0.4, 0.5) is 0 Å². The lowest BCUT2D eigenvalue weighted by molar-refractivity contribution is -0.130. The van der Waals surface area contributed by atoms with E-state index in [0.717, 1.165) is 23.9 Å². The molecular formula is C9H17N3OS. The first-order chi connectivity index (χ1) is 6.61. The second-order valence-corrected chi connectivity index (χ2v) is 4.57. The molecule has 1 N–H and O–H groups in total. The molecule has 0 aliphatic carbocycles. The number of amides is 1. The Bertz CT molecular complexity index is 240. The first kappa shape index (κ1) is 11.4. The average Bonchev–Trinajstić information content (AvgIpc) is 2.18. The smallest absolute Gasteiger partial charge is 0.244 e. The fraction of sp³-hybridized carbons (Fsp3) is 0.778. The van der Waals surface area contributed by atoms with Crippen LogP contribution in [0, 0.1) is 0 Å². The molecule has 4 nitrogen and oxygen atoms in total. The zero-order valence-electron chi connectivity index (χ0n) is 8.91. The normalized spacial score (nSPS) is 18.4. The van der Waals surface area contributed by atoms with Crippen LogP contribution in [-0.4, -0.2) is 48.4 Å². The number of likely N-dealkylation sites (N-methyl/N-ethyl adjacent to an activating group) is 1. The molecule has 1 aliphatic heterocycles. The minimum atomic E-state index is -0.186. The molecule has 5 heteroatoms. The Balaban J connectivity index is 2.43.